The lowest BCUT2D eigenvalue weighted by atomic mass is 9.55. The molecule has 58 heavy (non-hydrogen) atoms. The summed E-state index contributed by atoms with van der Waals surface area (Å²) in [5.41, 5.74) is 2.27. The lowest BCUT2D eigenvalue weighted by Crippen LogP contribution is -2.70. The SMILES string of the molecule is C=CCOc1ccc2c(c1)[C@H]1[C@H](CCCCO)[C@@H](CCCCO)C=C3C(=NOC(C)(C)C)C[C@H](N(CCC)S(=O)(=O)c4ccc(NC(C)=O)cc4)[C@@](OCC=C)(O2)[C@H]31. The van der Waals surface area contributed by atoms with E-state index in [9.17, 15) is 15.0 Å². The van der Waals surface area contributed by atoms with Crippen molar-refractivity contribution in [3.05, 3.63) is 85.0 Å². The first-order valence-corrected chi connectivity index (χ1v) is 22.1. The first kappa shape index (κ1) is 45.1. The summed E-state index contributed by atoms with van der Waals surface area (Å²) in [6.45, 7) is 17.6. The minimum absolute atomic E-state index is 0.0177. The van der Waals surface area contributed by atoms with E-state index in [0.29, 0.717) is 48.8 Å². The molecule has 3 N–H and O–H groups in total. The van der Waals surface area contributed by atoms with Crippen molar-refractivity contribution >= 4 is 27.3 Å². The Morgan fingerprint density at radius 1 is 1.03 bits per heavy atom. The van der Waals surface area contributed by atoms with Crippen LogP contribution in [0.4, 0.5) is 5.69 Å². The molecule has 3 aliphatic rings. The average Bonchev–Trinajstić information content (AvgIpc) is 3.18. The van der Waals surface area contributed by atoms with Crippen LogP contribution >= 0.6 is 0 Å². The molecular formula is C45H63N3O9S. The van der Waals surface area contributed by atoms with E-state index in [2.05, 4.69) is 24.6 Å². The third kappa shape index (κ3) is 10.0. The normalized spacial score (nSPS) is 24.6. The van der Waals surface area contributed by atoms with Gasteiger partial charge >= 0.3 is 0 Å². The zero-order chi connectivity index (χ0) is 42.1. The number of nitrogens with zero attached hydrogens (tertiary/aromatic N) is 2. The predicted octanol–water partition coefficient (Wildman–Crippen LogP) is 7.74. The number of sulfonamides is 1. The molecule has 6 atom stereocenters. The molecule has 2 aromatic rings. The molecule has 0 bridgehead atoms. The molecule has 2 aromatic carbocycles. The van der Waals surface area contributed by atoms with Crippen molar-refractivity contribution in [3.63, 3.8) is 0 Å². The Morgan fingerprint density at radius 3 is 2.34 bits per heavy atom. The molecule has 0 spiro atoms. The average molecular weight is 822 g/mol. The van der Waals surface area contributed by atoms with Gasteiger partial charge < -0.3 is 34.6 Å². The number of aliphatic hydroxyl groups is 2. The van der Waals surface area contributed by atoms with Crippen LogP contribution in [-0.4, -0.2) is 85.0 Å². The number of unbranched alkanes of at least 4 members (excludes halogenated alkanes) is 2. The van der Waals surface area contributed by atoms with E-state index < -0.39 is 33.4 Å². The molecule has 0 saturated heterocycles. The van der Waals surface area contributed by atoms with Gasteiger partial charge in [0.15, 0.2) is 0 Å². The van der Waals surface area contributed by atoms with E-state index in [4.69, 9.17) is 24.2 Å². The Labute approximate surface area is 345 Å². The highest BCUT2D eigenvalue weighted by Gasteiger charge is 2.66. The Balaban J connectivity index is 1.82. The first-order chi connectivity index (χ1) is 27.7. The number of amides is 1. The molecule has 318 valence electrons. The van der Waals surface area contributed by atoms with E-state index in [-0.39, 0.29) is 61.3 Å². The summed E-state index contributed by atoms with van der Waals surface area (Å²) in [7, 11) is -4.22. The molecule has 1 fully saturated rings. The summed E-state index contributed by atoms with van der Waals surface area (Å²) < 4.78 is 52.0. The van der Waals surface area contributed by atoms with Crippen LogP contribution in [0.1, 0.15) is 97.5 Å². The van der Waals surface area contributed by atoms with Gasteiger partial charge in [0.05, 0.1) is 29.2 Å². The number of rotatable bonds is 21. The Bertz CT molecular complexity index is 1910. The second-order valence-electron chi connectivity index (χ2n) is 16.4. The van der Waals surface area contributed by atoms with Gasteiger partial charge in [-0.1, -0.05) is 49.7 Å². The highest BCUT2D eigenvalue weighted by Crippen LogP contribution is 2.62. The Kier molecular flexibility index (Phi) is 15.4. The topological polar surface area (TPSA) is 156 Å². The van der Waals surface area contributed by atoms with Crippen LogP contribution < -0.4 is 14.8 Å². The highest BCUT2D eigenvalue weighted by molar-refractivity contribution is 7.89. The van der Waals surface area contributed by atoms with Crippen LogP contribution in [0.5, 0.6) is 11.5 Å². The lowest BCUT2D eigenvalue weighted by Gasteiger charge is -2.59. The standard InChI is InChI=1S/C45H63N3O9S/c1-8-23-48(58(52,53)35-20-17-33(18-21-35)46-31(4)51)41-30-39(47-57-44(5,6)7)37-28-32(15-11-13-24-49)36(16-12-14-25-50)42-38-29-34(54-26-9-2)19-22-40(38)56-45(41,43(37)42)55-27-10-3/h9-10,17-22,28-29,32,36,41-43,49-50H,2-3,8,11-16,23-27,30H2,1,4-7H3,(H,46,51)/t32-,36+,41-,42+,43+,45+/m0/s1. The van der Waals surface area contributed by atoms with Gasteiger partial charge in [-0.3, -0.25) is 4.79 Å². The van der Waals surface area contributed by atoms with Crippen LogP contribution in [0, 0.1) is 17.8 Å². The van der Waals surface area contributed by atoms with E-state index >= 15 is 8.42 Å². The third-order valence-electron chi connectivity index (χ3n) is 11.0. The van der Waals surface area contributed by atoms with Crippen LogP contribution in [0.15, 0.2) is 89.5 Å². The summed E-state index contributed by atoms with van der Waals surface area (Å²) in [6.07, 6.45) is 10.7. The zero-order valence-electron chi connectivity index (χ0n) is 34.8. The lowest BCUT2D eigenvalue weighted by molar-refractivity contribution is -0.251. The van der Waals surface area contributed by atoms with Crippen molar-refractivity contribution in [2.24, 2.45) is 22.9 Å². The van der Waals surface area contributed by atoms with E-state index in [1.165, 1.54) is 23.4 Å². The summed E-state index contributed by atoms with van der Waals surface area (Å²) in [5, 5.41) is 27.3. The molecule has 12 nitrogen and oxygen atoms in total. The predicted molar refractivity (Wildman–Crippen MR) is 226 cm³/mol. The first-order valence-electron chi connectivity index (χ1n) is 20.6. The second-order valence-corrected chi connectivity index (χ2v) is 18.3. The molecule has 0 aromatic heterocycles. The van der Waals surface area contributed by atoms with Crippen molar-refractivity contribution in [3.8, 4) is 11.5 Å². The number of ether oxygens (including phenoxy) is 3. The molecule has 1 heterocycles. The van der Waals surface area contributed by atoms with Crippen LogP contribution in [0.3, 0.4) is 0 Å². The van der Waals surface area contributed by atoms with Gasteiger partial charge in [0.25, 0.3) is 0 Å². The maximum Gasteiger partial charge on any atom is 0.243 e. The van der Waals surface area contributed by atoms with Crippen LogP contribution in [0.25, 0.3) is 0 Å². The fraction of sp³-hybridized carbons (Fsp3) is 0.556. The van der Waals surface area contributed by atoms with E-state index in [0.717, 1.165) is 36.8 Å². The van der Waals surface area contributed by atoms with E-state index in [1.807, 2.05) is 45.9 Å². The number of hydrogen-bond acceptors (Lipinski definition) is 10. The van der Waals surface area contributed by atoms with Gasteiger partial charge in [0, 0.05) is 50.3 Å². The van der Waals surface area contributed by atoms with Gasteiger partial charge in [-0.05, 0) is 113 Å². The Morgan fingerprint density at radius 2 is 1.72 bits per heavy atom. The fourth-order valence-electron chi connectivity index (χ4n) is 8.77. The molecule has 2 aliphatic carbocycles. The van der Waals surface area contributed by atoms with Crippen molar-refractivity contribution < 1.29 is 42.5 Å². The number of allylic oxidation sites excluding steroid dienone is 1. The maximum atomic E-state index is 15.1. The zero-order valence-corrected chi connectivity index (χ0v) is 35.6. The van der Waals surface area contributed by atoms with Crippen LogP contribution in [0.2, 0.25) is 0 Å². The van der Waals surface area contributed by atoms with Crippen LogP contribution in [-0.2, 0) is 24.4 Å². The highest BCUT2D eigenvalue weighted by atomic mass is 32.2. The molecule has 13 heteroatoms. The Hall–Kier alpha value is -4.01. The van der Waals surface area contributed by atoms with Gasteiger partial charge in [-0.15, -0.1) is 6.58 Å². The molecular weight excluding hydrogens is 759 g/mol. The molecule has 1 saturated carbocycles. The molecule has 0 radical (unpaired) electrons. The number of benzene rings is 2. The second kappa shape index (κ2) is 19.8. The van der Waals surface area contributed by atoms with Gasteiger partial charge in [0.1, 0.15) is 23.7 Å². The summed E-state index contributed by atoms with van der Waals surface area (Å²) in [4.78, 5) is 18.0. The third-order valence-corrected chi connectivity index (χ3v) is 12.9. The van der Waals surface area contributed by atoms with Gasteiger partial charge in [0.2, 0.25) is 21.7 Å². The number of oxime groups is 1. The van der Waals surface area contributed by atoms with Crippen molar-refractivity contribution in [2.75, 3.05) is 38.3 Å². The number of aliphatic hydroxyl groups excluding tert-OH is 2. The molecule has 1 amide bonds. The number of carbonyl (C=O) groups is 1. The van der Waals surface area contributed by atoms with Gasteiger partial charge in [-0.2, -0.15) is 4.31 Å². The smallest absolute Gasteiger partial charge is 0.243 e. The number of hydrogen-bond donors (Lipinski definition) is 3. The molecule has 5 rings (SSSR count). The minimum atomic E-state index is -4.22. The quantitative estimate of drug-likeness (QED) is 0.0652. The number of carbonyl (C=O) groups excluding carboxylic acids is 1. The van der Waals surface area contributed by atoms with Crippen molar-refractivity contribution in [1.82, 2.24) is 4.31 Å². The maximum absolute atomic E-state index is 15.1. The fourth-order valence-corrected chi connectivity index (χ4v) is 10.5. The monoisotopic (exact) mass is 821 g/mol. The summed E-state index contributed by atoms with van der Waals surface area (Å²) in [5.74, 6) is -1.33. The number of nitrogens with one attached hydrogen (secondary N) is 1. The molecule has 0 unspecified atom stereocenters. The minimum Gasteiger partial charge on any atom is -0.490 e. The van der Waals surface area contributed by atoms with Gasteiger partial charge in [-0.25, -0.2) is 8.42 Å². The largest absolute Gasteiger partial charge is 0.490 e. The van der Waals surface area contributed by atoms with Crippen molar-refractivity contribution in [1.29, 1.82) is 0 Å². The number of anilines is 1. The molecule has 1 aliphatic heterocycles. The van der Waals surface area contributed by atoms with Crippen molar-refractivity contribution in [2.45, 2.75) is 114 Å². The summed E-state index contributed by atoms with van der Waals surface area (Å²) >= 11 is 0. The van der Waals surface area contributed by atoms with E-state index in [1.54, 1.807) is 24.3 Å². The number of fused-ring (bicyclic) bond motifs is 2. The summed E-state index contributed by atoms with van der Waals surface area (Å²) in [6, 6.07) is 11.0.